The number of aromatic nitrogens is 3. The Morgan fingerprint density at radius 2 is 2.09 bits per heavy atom. The van der Waals surface area contributed by atoms with Crippen LogP contribution in [0.3, 0.4) is 0 Å². The highest BCUT2D eigenvalue weighted by molar-refractivity contribution is 6.81. The predicted molar refractivity (Wildman–Crippen MR) is 116 cm³/mol. The van der Waals surface area contributed by atoms with Gasteiger partial charge in [0.2, 0.25) is 0 Å². The number of aromatic amines is 1. The molecule has 0 amide bonds. The lowest BCUT2D eigenvalue weighted by molar-refractivity contribution is -0.671. The molecule has 4 atom stereocenters. The molecule has 0 radical (unpaired) electrons. The molecule has 1 aliphatic heterocycles. The van der Waals surface area contributed by atoms with Crippen LogP contribution in [-0.2, 0) is 16.5 Å². The monoisotopic (exact) mass is 543 g/mol. The van der Waals surface area contributed by atoms with E-state index < -0.39 is 56.5 Å². The number of pyridine rings is 1. The lowest BCUT2D eigenvalue weighted by Crippen LogP contribution is -3.00. The maximum atomic E-state index is 15.3. The number of hydrogen-bond donors (Lipinski definition) is 2. The number of H-pyrrole nitrogens is 1. The van der Waals surface area contributed by atoms with Gasteiger partial charge in [-0.05, 0) is 6.07 Å². The van der Waals surface area contributed by atoms with E-state index in [1.807, 2.05) is 5.70 Å². The Hall–Kier alpha value is -2.41. The molecule has 1 aliphatic rings. The number of carbonyl (C=O) groups is 1. The van der Waals surface area contributed by atoms with E-state index in [0.717, 1.165) is 4.57 Å². The molecule has 3 rings (SSSR count). The predicted octanol–water partition coefficient (Wildman–Crippen LogP) is -2.29. The summed E-state index contributed by atoms with van der Waals surface area (Å²) in [6.07, 6.45) is -0.0213. The summed E-state index contributed by atoms with van der Waals surface area (Å²) in [6, 6.07) is 3.15. The van der Waals surface area contributed by atoms with Gasteiger partial charge in [0.15, 0.2) is 30.9 Å². The van der Waals surface area contributed by atoms with Crippen molar-refractivity contribution in [1.29, 1.82) is 0 Å². The summed E-state index contributed by atoms with van der Waals surface area (Å²) < 4.78 is 28.7. The van der Waals surface area contributed by atoms with Crippen LogP contribution in [-0.4, -0.2) is 53.7 Å². The topological polar surface area (TPSA) is 114 Å². The molecule has 1 saturated heterocycles. The van der Waals surface area contributed by atoms with Crippen molar-refractivity contribution < 1.29 is 45.3 Å². The fourth-order valence-corrected chi connectivity index (χ4v) is 3.93. The molecule has 0 unspecified atom stereocenters. The second kappa shape index (κ2) is 10.7. The van der Waals surface area contributed by atoms with Gasteiger partial charge < -0.3 is 31.6 Å². The molecule has 33 heavy (non-hydrogen) atoms. The van der Waals surface area contributed by atoms with Crippen molar-refractivity contribution in [2.24, 2.45) is 7.05 Å². The molecule has 9 nitrogen and oxygen atoms in total. The summed E-state index contributed by atoms with van der Waals surface area (Å²) in [5.41, 5.74) is 0.803. The molecule has 0 saturated carbocycles. The first-order chi connectivity index (χ1) is 15.0. The average Bonchev–Trinajstić information content (AvgIpc) is 3.02. The van der Waals surface area contributed by atoms with Crippen molar-refractivity contribution in [3.05, 3.63) is 68.4 Å². The summed E-state index contributed by atoms with van der Waals surface area (Å²) >= 11 is 0. The van der Waals surface area contributed by atoms with E-state index in [-0.39, 0.29) is 28.1 Å². The van der Waals surface area contributed by atoms with Crippen LogP contribution in [0.25, 0.3) is 6.08 Å². The Labute approximate surface area is 201 Å². The number of esters is 1. The van der Waals surface area contributed by atoms with Gasteiger partial charge in [0.05, 0.1) is 20.2 Å². The van der Waals surface area contributed by atoms with Gasteiger partial charge in [-0.15, -0.1) is 0 Å². The molecule has 2 N–H and O–H groups in total. The molecular weight excluding hydrogens is 517 g/mol. The third kappa shape index (κ3) is 6.34. The van der Waals surface area contributed by atoms with E-state index in [2.05, 4.69) is 24.6 Å². The zero-order valence-corrected chi connectivity index (χ0v) is 21.3. The van der Waals surface area contributed by atoms with E-state index >= 15 is 4.39 Å². The van der Waals surface area contributed by atoms with Gasteiger partial charge in [-0.1, -0.05) is 31.4 Å². The van der Waals surface area contributed by atoms with Crippen LogP contribution in [0.1, 0.15) is 22.1 Å². The van der Waals surface area contributed by atoms with Crippen LogP contribution in [0.4, 0.5) is 4.39 Å². The minimum Gasteiger partial charge on any atom is -1.00 e. The number of aliphatic hydroxyl groups is 1. The Balaban J connectivity index is 0.00000385. The molecule has 12 heteroatoms. The number of rotatable bonds is 6. The fourth-order valence-electron chi connectivity index (χ4n) is 3.25. The highest BCUT2D eigenvalue weighted by Crippen LogP contribution is 2.33. The Morgan fingerprint density at radius 1 is 1.39 bits per heavy atom. The van der Waals surface area contributed by atoms with Gasteiger partial charge in [-0.3, -0.25) is 14.3 Å². The minimum atomic E-state index is -1.95. The van der Waals surface area contributed by atoms with Crippen molar-refractivity contribution in [2.45, 2.75) is 44.2 Å². The van der Waals surface area contributed by atoms with Crippen molar-refractivity contribution in [3.8, 4) is 0 Å². The number of hydrogen-bond acceptors (Lipinski definition) is 6. The first-order valence-electron chi connectivity index (χ1n) is 10.1. The molecule has 0 bridgehead atoms. The van der Waals surface area contributed by atoms with Gasteiger partial charge in [-0.2, -0.15) is 0 Å². The Kier molecular flexibility index (Phi) is 8.68. The lowest BCUT2D eigenvalue weighted by Gasteiger charge is -2.18. The number of nitrogens with zero attached hydrogens (tertiary/aromatic N) is 2. The van der Waals surface area contributed by atoms with Crippen LogP contribution < -0.4 is 32.8 Å². The standard InChI is InChI=1S/C21H26FN3O6Si.BrH/c1-24-8-5-6-14(10-24)20(28)31-17-15(12-26)30-19(16(17)22)25-11-13(7-9-32(2,3)4)18(27)23-21(25)29;/h5-11,15-17,19,26H,12H2,1-4H3;1H/t15-,16-,17-,19-;/m1./s1. The maximum Gasteiger partial charge on any atom is 0.344 e. The van der Waals surface area contributed by atoms with Crippen LogP contribution in [0.15, 0.2) is 46.0 Å². The second-order valence-corrected chi connectivity index (χ2v) is 13.8. The minimum absolute atomic E-state index is 0. The number of carbonyl (C=O) groups excluding carboxylic acids is 1. The largest absolute Gasteiger partial charge is 1.00 e. The summed E-state index contributed by atoms with van der Waals surface area (Å²) in [5.74, 6) is -0.788. The highest BCUT2D eigenvalue weighted by Gasteiger charge is 2.49. The van der Waals surface area contributed by atoms with Crippen LogP contribution in [0, 0.1) is 0 Å². The number of aryl methyl sites for hydroxylation is 1. The maximum absolute atomic E-state index is 15.3. The van der Waals surface area contributed by atoms with E-state index in [0.29, 0.717) is 0 Å². The molecule has 0 aromatic carbocycles. The summed E-state index contributed by atoms with van der Waals surface area (Å²) in [5, 5.41) is 9.65. The van der Waals surface area contributed by atoms with Crippen LogP contribution >= 0.6 is 0 Å². The highest BCUT2D eigenvalue weighted by atomic mass is 79.9. The van der Waals surface area contributed by atoms with Crippen molar-refractivity contribution >= 4 is 20.1 Å². The molecule has 2 aromatic rings. The summed E-state index contributed by atoms with van der Waals surface area (Å²) in [7, 11) is 0.0793. The third-order valence-electron chi connectivity index (χ3n) is 4.90. The van der Waals surface area contributed by atoms with E-state index in [9.17, 15) is 19.5 Å². The normalized spacial score (nSPS) is 22.8. The Bertz CT molecular complexity index is 1150. The van der Waals surface area contributed by atoms with Crippen molar-refractivity contribution in [3.63, 3.8) is 0 Å². The fraction of sp³-hybridized carbons (Fsp3) is 0.429. The molecule has 2 aromatic heterocycles. The lowest BCUT2D eigenvalue weighted by atomic mass is 10.1. The number of nitrogens with one attached hydrogen (secondary N) is 1. The zero-order valence-electron chi connectivity index (χ0n) is 18.7. The van der Waals surface area contributed by atoms with Gasteiger partial charge in [0.1, 0.15) is 18.7 Å². The molecule has 1 fully saturated rings. The van der Waals surface area contributed by atoms with Gasteiger partial charge in [0, 0.05) is 12.3 Å². The number of ether oxygens (including phenoxy) is 2. The summed E-state index contributed by atoms with van der Waals surface area (Å²) in [6.45, 7) is 5.59. The SMILES string of the molecule is C[n+]1cccc(C(=O)O[C@H]2[C@@H](F)[C@H](n3cc(C=C[Si](C)(C)C)c(=O)[nH]c3=O)O[C@@H]2CO)c1.[Br-]. The van der Waals surface area contributed by atoms with Gasteiger partial charge >= 0.3 is 11.7 Å². The van der Waals surface area contributed by atoms with E-state index in [4.69, 9.17) is 9.47 Å². The number of halogens is 2. The molecule has 0 aliphatic carbocycles. The quantitative estimate of drug-likeness (QED) is 0.241. The van der Waals surface area contributed by atoms with Gasteiger partial charge in [0.25, 0.3) is 5.56 Å². The van der Waals surface area contributed by atoms with Crippen LogP contribution in [0.5, 0.6) is 0 Å². The van der Waals surface area contributed by atoms with E-state index in [1.165, 1.54) is 18.5 Å². The van der Waals surface area contributed by atoms with Gasteiger partial charge in [-0.25, -0.2) is 18.5 Å². The molecular formula is C21H27BrFN3O6Si. The third-order valence-corrected chi connectivity index (χ3v) is 6.06. The second-order valence-electron chi connectivity index (χ2n) is 8.77. The average molecular weight is 544 g/mol. The molecule has 3 heterocycles. The Morgan fingerprint density at radius 3 is 2.70 bits per heavy atom. The number of aliphatic hydroxyl groups excluding tert-OH is 1. The smallest absolute Gasteiger partial charge is 0.344 e. The molecule has 0 spiro atoms. The zero-order chi connectivity index (χ0) is 23.6. The van der Waals surface area contributed by atoms with Crippen molar-refractivity contribution in [2.75, 3.05) is 6.61 Å². The molecule has 180 valence electrons. The summed E-state index contributed by atoms with van der Waals surface area (Å²) in [4.78, 5) is 39.2. The van der Waals surface area contributed by atoms with Crippen molar-refractivity contribution in [1.82, 2.24) is 9.55 Å². The first kappa shape index (κ1) is 26.8. The van der Waals surface area contributed by atoms with Crippen LogP contribution in [0.2, 0.25) is 19.6 Å². The van der Waals surface area contributed by atoms with E-state index in [1.54, 1.807) is 30.0 Å². The number of alkyl halides is 1. The first-order valence-corrected chi connectivity index (χ1v) is 13.7.